The predicted molar refractivity (Wildman–Crippen MR) is 113 cm³/mol. The first-order chi connectivity index (χ1) is 14.8. The number of nitrogens with zero attached hydrogens (tertiary/aromatic N) is 3. The lowest BCUT2D eigenvalue weighted by Gasteiger charge is -2.32. The Morgan fingerprint density at radius 2 is 1.90 bits per heavy atom. The second-order valence-electron chi connectivity index (χ2n) is 7.58. The summed E-state index contributed by atoms with van der Waals surface area (Å²) in [7, 11) is -1.80. The highest BCUT2D eigenvalue weighted by Gasteiger charge is 2.22. The van der Waals surface area contributed by atoms with Gasteiger partial charge in [-0.1, -0.05) is 0 Å². The second kappa shape index (κ2) is 10.3. The molecule has 3 rings (SSSR count). The third-order valence-corrected chi connectivity index (χ3v) is 6.28. The summed E-state index contributed by atoms with van der Waals surface area (Å²) in [6.07, 6.45) is 5.13. The van der Waals surface area contributed by atoms with E-state index in [1.807, 2.05) is 0 Å². The van der Waals surface area contributed by atoms with Gasteiger partial charge >= 0.3 is 0 Å². The Kier molecular flexibility index (Phi) is 7.79. The molecule has 0 unspecified atom stereocenters. The second-order valence-corrected chi connectivity index (χ2v) is 9.60. The highest BCUT2D eigenvalue weighted by molar-refractivity contribution is 7.90. The Morgan fingerprint density at radius 3 is 2.55 bits per heavy atom. The van der Waals surface area contributed by atoms with Crippen LogP contribution in [0.5, 0.6) is 17.5 Å². The molecule has 2 heterocycles. The average molecular weight is 454 g/mol. The smallest absolute Gasteiger partial charge is 0.229 e. The molecule has 1 aromatic heterocycles. The quantitative estimate of drug-likeness (QED) is 0.535. The van der Waals surface area contributed by atoms with Crippen LogP contribution >= 0.6 is 0 Å². The number of benzene rings is 1. The van der Waals surface area contributed by atoms with Gasteiger partial charge in [0.15, 0.2) is 21.4 Å². The third-order valence-electron chi connectivity index (χ3n) is 5.17. The molecule has 1 saturated heterocycles. The molecule has 0 N–H and O–H groups in total. The molecule has 31 heavy (non-hydrogen) atoms. The third kappa shape index (κ3) is 6.34. The molecule has 8 nitrogen and oxygen atoms in total. The highest BCUT2D eigenvalue weighted by atomic mass is 32.2. The lowest BCUT2D eigenvalue weighted by Crippen LogP contribution is -2.39. The Hall–Kier alpha value is -2.30. The molecule has 0 radical (unpaired) electrons. The minimum atomic E-state index is -3.51. The lowest BCUT2D eigenvalue weighted by atomic mass is 10.1. The topological polar surface area (TPSA) is 90.8 Å². The minimum absolute atomic E-state index is 0.0332. The maximum Gasteiger partial charge on any atom is 0.229 e. The summed E-state index contributed by atoms with van der Waals surface area (Å²) in [4.78, 5) is 10.6. The van der Waals surface area contributed by atoms with Crippen molar-refractivity contribution < 1.29 is 27.0 Å². The molecule has 0 atom stereocenters. The maximum absolute atomic E-state index is 14.3. The van der Waals surface area contributed by atoms with Crippen molar-refractivity contribution in [3.05, 3.63) is 35.9 Å². The zero-order valence-electron chi connectivity index (χ0n) is 18.0. The van der Waals surface area contributed by atoms with Crippen LogP contribution in [-0.4, -0.2) is 69.0 Å². The minimum Gasteiger partial charge on any atom is -0.474 e. The summed E-state index contributed by atoms with van der Waals surface area (Å²) in [6.45, 7) is 5.40. The summed E-state index contributed by atoms with van der Waals surface area (Å²) in [5, 5.41) is 0. The zero-order valence-corrected chi connectivity index (χ0v) is 18.8. The fourth-order valence-corrected chi connectivity index (χ4v) is 4.01. The summed E-state index contributed by atoms with van der Waals surface area (Å²) in [6, 6.07) is 3.49. The van der Waals surface area contributed by atoms with Crippen molar-refractivity contribution in [1.29, 1.82) is 0 Å². The largest absolute Gasteiger partial charge is 0.474 e. The lowest BCUT2D eigenvalue weighted by molar-refractivity contribution is 0.0889. The van der Waals surface area contributed by atoms with Crippen molar-refractivity contribution in [3.63, 3.8) is 0 Å². The van der Waals surface area contributed by atoms with Gasteiger partial charge < -0.3 is 19.1 Å². The SMILES string of the molecule is COCCCN1CCC(Oc2ncnc(Oc3ccc(S(C)(=O)=O)cc3F)c2C)CC1. The maximum atomic E-state index is 14.3. The number of ether oxygens (including phenoxy) is 3. The van der Waals surface area contributed by atoms with Crippen molar-refractivity contribution in [2.24, 2.45) is 0 Å². The van der Waals surface area contributed by atoms with Gasteiger partial charge in [-0.15, -0.1) is 0 Å². The number of likely N-dealkylation sites (tertiary alicyclic amines) is 1. The number of hydrogen-bond acceptors (Lipinski definition) is 8. The standard InChI is InChI=1S/C21H28FN3O5S/c1-15-20(29-16-7-10-25(11-8-16)9-4-12-28-2)23-14-24-21(15)30-19-6-5-17(13-18(19)22)31(3,26)27/h5-6,13-14,16H,4,7-12H2,1-3H3. The number of aromatic nitrogens is 2. The van der Waals surface area contributed by atoms with E-state index in [0.29, 0.717) is 11.4 Å². The van der Waals surface area contributed by atoms with Gasteiger partial charge in [-0.25, -0.2) is 22.8 Å². The van der Waals surface area contributed by atoms with Crippen LogP contribution in [-0.2, 0) is 14.6 Å². The van der Waals surface area contributed by atoms with Crippen LogP contribution in [0.4, 0.5) is 4.39 Å². The van der Waals surface area contributed by atoms with Crippen LogP contribution in [0.1, 0.15) is 24.8 Å². The van der Waals surface area contributed by atoms with Crippen molar-refractivity contribution in [1.82, 2.24) is 14.9 Å². The summed E-state index contributed by atoms with van der Waals surface area (Å²) >= 11 is 0. The monoisotopic (exact) mass is 453 g/mol. The Balaban J connectivity index is 1.63. The number of sulfone groups is 1. The van der Waals surface area contributed by atoms with Crippen LogP contribution < -0.4 is 9.47 Å². The van der Waals surface area contributed by atoms with Crippen LogP contribution in [0.15, 0.2) is 29.4 Å². The first kappa shape index (κ1) is 23.4. The van der Waals surface area contributed by atoms with E-state index in [4.69, 9.17) is 14.2 Å². The van der Waals surface area contributed by atoms with E-state index >= 15 is 0 Å². The molecule has 10 heteroatoms. The number of hydrogen-bond donors (Lipinski definition) is 0. The van der Waals surface area contributed by atoms with Crippen LogP contribution in [0.3, 0.4) is 0 Å². The average Bonchev–Trinajstić information content (AvgIpc) is 2.73. The molecule has 170 valence electrons. The molecule has 1 aliphatic heterocycles. The molecule has 1 fully saturated rings. The molecule has 0 saturated carbocycles. The fourth-order valence-electron chi connectivity index (χ4n) is 3.38. The van der Waals surface area contributed by atoms with Crippen molar-refractivity contribution >= 4 is 9.84 Å². The van der Waals surface area contributed by atoms with Gasteiger partial charge in [0.2, 0.25) is 11.8 Å². The fraction of sp³-hybridized carbons (Fsp3) is 0.524. The normalized spacial score (nSPS) is 15.7. The number of methoxy groups -OCH3 is 1. The molecule has 0 aliphatic carbocycles. The van der Waals surface area contributed by atoms with E-state index in [1.165, 1.54) is 18.5 Å². The van der Waals surface area contributed by atoms with E-state index in [0.717, 1.165) is 57.8 Å². The van der Waals surface area contributed by atoms with E-state index < -0.39 is 15.7 Å². The van der Waals surface area contributed by atoms with Crippen LogP contribution in [0, 0.1) is 12.7 Å². The molecule has 1 aromatic carbocycles. The molecule has 2 aromatic rings. The predicted octanol–water partition coefficient (Wildman–Crippen LogP) is 3.00. The van der Waals surface area contributed by atoms with E-state index in [1.54, 1.807) is 14.0 Å². The summed E-state index contributed by atoms with van der Waals surface area (Å²) < 4.78 is 54.3. The molecule has 0 bridgehead atoms. The van der Waals surface area contributed by atoms with Crippen molar-refractivity contribution in [2.75, 3.05) is 39.6 Å². The van der Waals surface area contributed by atoms with Gasteiger partial charge in [-0.2, -0.15) is 0 Å². The number of piperidine rings is 1. The van der Waals surface area contributed by atoms with Gasteiger partial charge in [0.1, 0.15) is 12.4 Å². The molecular formula is C21H28FN3O5S. The van der Waals surface area contributed by atoms with Gasteiger partial charge in [0.25, 0.3) is 0 Å². The molecule has 0 amide bonds. The van der Waals surface area contributed by atoms with Crippen molar-refractivity contribution in [3.8, 4) is 17.5 Å². The Morgan fingerprint density at radius 1 is 1.19 bits per heavy atom. The van der Waals surface area contributed by atoms with Gasteiger partial charge in [0, 0.05) is 39.6 Å². The van der Waals surface area contributed by atoms with Gasteiger partial charge in [-0.3, -0.25) is 0 Å². The molecular weight excluding hydrogens is 425 g/mol. The summed E-state index contributed by atoms with van der Waals surface area (Å²) in [5.41, 5.74) is 0.552. The zero-order chi connectivity index (χ0) is 22.4. The van der Waals surface area contributed by atoms with Gasteiger partial charge in [0.05, 0.1) is 10.5 Å². The molecule has 1 aliphatic rings. The van der Waals surface area contributed by atoms with Gasteiger partial charge in [-0.05, 0) is 44.4 Å². The first-order valence-electron chi connectivity index (χ1n) is 10.1. The number of halogens is 1. The van der Waals surface area contributed by atoms with Crippen LogP contribution in [0.2, 0.25) is 0 Å². The van der Waals surface area contributed by atoms with E-state index in [9.17, 15) is 12.8 Å². The summed E-state index contributed by atoms with van der Waals surface area (Å²) in [5.74, 6) is -0.349. The van der Waals surface area contributed by atoms with Crippen LogP contribution in [0.25, 0.3) is 0 Å². The first-order valence-corrected chi connectivity index (χ1v) is 12.0. The Bertz CT molecular complexity index is 995. The number of rotatable bonds is 9. The highest BCUT2D eigenvalue weighted by Crippen LogP contribution is 2.31. The molecule has 0 spiro atoms. The van der Waals surface area contributed by atoms with E-state index in [2.05, 4.69) is 14.9 Å². The Labute approximate surface area is 182 Å². The van der Waals surface area contributed by atoms with E-state index in [-0.39, 0.29) is 22.6 Å². The van der Waals surface area contributed by atoms with Crippen molar-refractivity contribution in [2.45, 2.75) is 37.2 Å².